The molecular formula is C20H19NO5. The predicted molar refractivity (Wildman–Crippen MR) is 96.0 cm³/mol. The van der Waals surface area contributed by atoms with Gasteiger partial charge < -0.3 is 19.7 Å². The van der Waals surface area contributed by atoms with E-state index in [-0.39, 0.29) is 0 Å². The Kier molecular flexibility index (Phi) is 5.16. The number of hydrogen-bond acceptors (Lipinski definition) is 6. The SMILES string of the molecule is COC(=O)c1ccc([C@H](O)[C@H](O)c2ccccc2)c2nc(OC)ccc12. The third kappa shape index (κ3) is 3.24. The van der Waals surface area contributed by atoms with E-state index in [2.05, 4.69) is 4.98 Å². The van der Waals surface area contributed by atoms with Gasteiger partial charge in [-0.1, -0.05) is 36.4 Å². The minimum Gasteiger partial charge on any atom is -0.481 e. The van der Waals surface area contributed by atoms with Crippen molar-refractivity contribution in [1.29, 1.82) is 0 Å². The Bertz CT molecular complexity index is 926. The van der Waals surface area contributed by atoms with Crippen molar-refractivity contribution < 1.29 is 24.5 Å². The van der Waals surface area contributed by atoms with Crippen molar-refractivity contribution in [3.8, 4) is 5.88 Å². The number of rotatable bonds is 5. The Balaban J connectivity index is 2.14. The molecule has 134 valence electrons. The van der Waals surface area contributed by atoms with Crippen molar-refractivity contribution in [3.05, 3.63) is 71.3 Å². The van der Waals surface area contributed by atoms with E-state index < -0.39 is 18.2 Å². The number of hydrogen-bond donors (Lipinski definition) is 2. The summed E-state index contributed by atoms with van der Waals surface area (Å²) in [6.07, 6.45) is -2.37. The molecule has 1 heterocycles. The Labute approximate surface area is 150 Å². The largest absolute Gasteiger partial charge is 0.481 e. The van der Waals surface area contributed by atoms with Gasteiger partial charge in [-0.25, -0.2) is 9.78 Å². The van der Waals surface area contributed by atoms with Crippen LogP contribution in [0.2, 0.25) is 0 Å². The topological polar surface area (TPSA) is 88.9 Å². The highest BCUT2D eigenvalue weighted by Crippen LogP contribution is 2.34. The predicted octanol–water partition coefficient (Wildman–Crippen LogP) is 2.80. The van der Waals surface area contributed by atoms with Gasteiger partial charge in [0.1, 0.15) is 12.2 Å². The fourth-order valence-corrected chi connectivity index (χ4v) is 2.86. The van der Waals surface area contributed by atoms with Crippen molar-refractivity contribution >= 4 is 16.9 Å². The maximum atomic E-state index is 12.0. The second kappa shape index (κ2) is 7.51. The second-order valence-electron chi connectivity index (χ2n) is 5.74. The van der Waals surface area contributed by atoms with Crippen LogP contribution in [-0.2, 0) is 4.74 Å². The summed E-state index contributed by atoms with van der Waals surface area (Å²) >= 11 is 0. The summed E-state index contributed by atoms with van der Waals surface area (Å²) in [6.45, 7) is 0. The summed E-state index contributed by atoms with van der Waals surface area (Å²) in [5.41, 5.74) is 1.66. The van der Waals surface area contributed by atoms with Crippen LogP contribution < -0.4 is 4.74 Å². The number of benzene rings is 2. The summed E-state index contributed by atoms with van der Waals surface area (Å²) in [7, 11) is 2.78. The first-order valence-electron chi connectivity index (χ1n) is 8.04. The van der Waals surface area contributed by atoms with Gasteiger partial charge in [0.05, 0.1) is 25.3 Å². The van der Waals surface area contributed by atoms with Crippen molar-refractivity contribution in [1.82, 2.24) is 4.98 Å². The summed E-state index contributed by atoms with van der Waals surface area (Å²) in [4.78, 5) is 16.4. The highest BCUT2D eigenvalue weighted by Gasteiger charge is 2.25. The average molecular weight is 353 g/mol. The number of methoxy groups -OCH3 is 2. The molecular weight excluding hydrogens is 334 g/mol. The van der Waals surface area contributed by atoms with Crippen LogP contribution in [0.5, 0.6) is 5.88 Å². The number of carbonyl (C=O) groups excluding carboxylic acids is 1. The molecule has 0 unspecified atom stereocenters. The first-order chi connectivity index (χ1) is 12.6. The minimum absolute atomic E-state index is 0.322. The molecule has 6 nitrogen and oxygen atoms in total. The summed E-state index contributed by atoms with van der Waals surface area (Å²) in [5, 5.41) is 21.8. The molecule has 0 fully saturated rings. The number of fused-ring (bicyclic) bond motifs is 1. The second-order valence-corrected chi connectivity index (χ2v) is 5.74. The van der Waals surface area contributed by atoms with Crippen LogP contribution in [0.3, 0.4) is 0 Å². The van der Waals surface area contributed by atoms with E-state index in [1.807, 2.05) is 6.07 Å². The van der Waals surface area contributed by atoms with Crippen molar-refractivity contribution in [3.63, 3.8) is 0 Å². The molecule has 26 heavy (non-hydrogen) atoms. The Morgan fingerprint density at radius 3 is 2.35 bits per heavy atom. The van der Waals surface area contributed by atoms with Gasteiger partial charge in [-0.05, 0) is 17.7 Å². The van der Waals surface area contributed by atoms with E-state index in [0.717, 1.165) is 0 Å². The van der Waals surface area contributed by atoms with Gasteiger partial charge in [0.15, 0.2) is 0 Å². The zero-order valence-electron chi connectivity index (χ0n) is 14.4. The lowest BCUT2D eigenvalue weighted by molar-refractivity contribution is 0.0180. The van der Waals surface area contributed by atoms with Crippen LogP contribution >= 0.6 is 0 Å². The molecule has 0 radical (unpaired) electrons. The molecule has 0 aliphatic rings. The number of pyridine rings is 1. The first kappa shape index (κ1) is 17.8. The average Bonchev–Trinajstić information content (AvgIpc) is 2.71. The van der Waals surface area contributed by atoms with Gasteiger partial charge in [-0.2, -0.15) is 0 Å². The summed E-state index contributed by atoms with van der Waals surface area (Å²) in [6, 6.07) is 15.3. The summed E-state index contributed by atoms with van der Waals surface area (Å²) in [5.74, 6) is -0.172. The first-order valence-corrected chi connectivity index (χ1v) is 8.04. The third-order valence-corrected chi connectivity index (χ3v) is 4.24. The molecule has 2 atom stereocenters. The maximum absolute atomic E-state index is 12.0. The summed E-state index contributed by atoms with van der Waals surface area (Å²) < 4.78 is 9.97. The van der Waals surface area contributed by atoms with E-state index in [0.29, 0.717) is 33.5 Å². The van der Waals surface area contributed by atoms with Crippen LogP contribution in [0.15, 0.2) is 54.6 Å². The van der Waals surface area contributed by atoms with Crippen LogP contribution in [0.25, 0.3) is 10.9 Å². The number of ether oxygens (including phenoxy) is 2. The van der Waals surface area contributed by atoms with Crippen LogP contribution in [0.1, 0.15) is 33.7 Å². The Hall–Kier alpha value is -2.96. The zero-order valence-corrected chi connectivity index (χ0v) is 14.4. The minimum atomic E-state index is -1.23. The monoisotopic (exact) mass is 353 g/mol. The molecule has 1 aromatic heterocycles. The molecule has 3 aromatic rings. The molecule has 0 saturated heterocycles. The molecule has 0 aliphatic carbocycles. The van der Waals surface area contributed by atoms with Gasteiger partial charge in [-0.15, -0.1) is 0 Å². The fourth-order valence-electron chi connectivity index (χ4n) is 2.86. The van der Waals surface area contributed by atoms with Crippen LogP contribution in [0.4, 0.5) is 0 Å². The number of aromatic nitrogens is 1. The molecule has 6 heteroatoms. The van der Waals surface area contributed by atoms with E-state index in [4.69, 9.17) is 9.47 Å². The molecule has 0 aliphatic heterocycles. The van der Waals surface area contributed by atoms with Crippen molar-refractivity contribution in [2.75, 3.05) is 14.2 Å². The number of aliphatic hydroxyl groups excluding tert-OH is 2. The van der Waals surface area contributed by atoms with Crippen LogP contribution in [0, 0.1) is 0 Å². The quantitative estimate of drug-likeness (QED) is 0.686. The lowest BCUT2D eigenvalue weighted by atomic mass is 9.94. The Morgan fingerprint density at radius 2 is 1.69 bits per heavy atom. The lowest BCUT2D eigenvalue weighted by Crippen LogP contribution is -2.12. The van der Waals surface area contributed by atoms with E-state index in [9.17, 15) is 15.0 Å². The Morgan fingerprint density at radius 1 is 0.962 bits per heavy atom. The van der Waals surface area contributed by atoms with E-state index >= 15 is 0 Å². The van der Waals surface area contributed by atoms with Gasteiger partial charge in [0.25, 0.3) is 0 Å². The fraction of sp³-hybridized carbons (Fsp3) is 0.200. The van der Waals surface area contributed by atoms with Crippen molar-refractivity contribution in [2.24, 2.45) is 0 Å². The van der Waals surface area contributed by atoms with Crippen molar-refractivity contribution in [2.45, 2.75) is 12.2 Å². The van der Waals surface area contributed by atoms with E-state index in [1.165, 1.54) is 14.2 Å². The molecule has 0 amide bonds. The highest BCUT2D eigenvalue weighted by atomic mass is 16.5. The number of carbonyl (C=O) groups is 1. The maximum Gasteiger partial charge on any atom is 0.338 e. The highest BCUT2D eigenvalue weighted by molar-refractivity contribution is 6.04. The van der Waals surface area contributed by atoms with Gasteiger partial charge in [-0.3, -0.25) is 0 Å². The zero-order chi connectivity index (χ0) is 18.7. The lowest BCUT2D eigenvalue weighted by Gasteiger charge is -2.20. The number of esters is 1. The van der Waals surface area contributed by atoms with E-state index in [1.54, 1.807) is 48.5 Å². The standard InChI is InChI=1S/C20H19NO5/c1-25-16-11-10-13-14(20(24)26-2)8-9-15(17(13)21-16)19(23)18(22)12-6-4-3-5-7-12/h3-11,18-19,22-23H,1-2H3/t18-,19+/m1/s1. The third-order valence-electron chi connectivity index (χ3n) is 4.24. The molecule has 2 N–H and O–H groups in total. The smallest absolute Gasteiger partial charge is 0.338 e. The molecule has 2 aromatic carbocycles. The number of aliphatic hydroxyl groups is 2. The molecule has 3 rings (SSSR count). The van der Waals surface area contributed by atoms with Gasteiger partial charge >= 0.3 is 5.97 Å². The molecule has 0 bridgehead atoms. The normalized spacial score (nSPS) is 13.2. The molecule has 0 saturated carbocycles. The van der Waals surface area contributed by atoms with Gasteiger partial charge in [0.2, 0.25) is 5.88 Å². The van der Waals surface area contributed by atoms with Gasteiger partial charge in [0, 0.05) is 17.0 Å². The van der Waals surface area contributed by atoms with Crippen LogP contribution in [-0.4, -0.2) is 35.4 Å². The number of nitrogens with zero attached hydrogens (tertiary/aromatic N) is 1. The molecule has 0 spiro atoms.